The van der Waals surface area contributed by atoms with Crippen LogP contribution in [0.3, 0.4) is 0 Å². The minimum Gasteiger partial charge on any atom is -0.493 e. The summed E-state index contributed by atoms with van der Waals surface area (Å²) in [6.07, 6.45) is -0.757. The first-order chi connectivity index (χ1) is 10.1. The van der Waals surface area contributed by atoms with Crippen molar-refractivity contribution in [2.75, 3.05) is 40.6 Å². The standard InChI is InChI=1S/C14H22ClNO5/c1-18-3-4-20-8-12(17)9-21-14-10(7-16)5-11(15)6-13(14)19-2/h5-6,12,17H,3-4,7-9,16H2,1-2H3. The second-order valence-electron chi connectivity index (χ2n) is 4.33. The minimum atomic E-state index is -0.757. The molecule has 1 aromatic rings. The van der Waals surface area contributed by atoms with Gasteiger partial charge < -0.3 is 29.8 Å². The predicted molar refractivity (Wildman–Crippen MR) is 80.1 cm³/mol. The van der Waals surface area contributed by atoms with Crippen LogP contribution in [0.15, 0.2) is 12.1 Å². The maximum Gasteiger partial charge on any atom is 0.165 e. The van der Waals surface area contributed by atoms with Gasteiger partial charge in [-0.25, -0.2) is 0 Å². The number of nitrogens with two attached hydrogens (primary N) is 1. The summed E-state index contributed by atoms with van der Waals surface area (Å²) in [4.78, 5) is 0. The fourth-order valence-electron chi connectivity index (χ4n) is 1.68. The van der Waals surface area contributed by atoms with Gasteiger partial charge in [0.2, 0.25) is 0 Å². The molecule has 0 radical (unpaired) electrons. The lowest BCUT2D eigenvalue weighted by Crippen LogP contribution is -2.25. The third-order valence-corrected chi connectivity index (χ3v) is 2.92. The number of methoxy groups -OCH3 is 2. The molecule has 7 heteroatoms. The highest BCUT2D eigenvalue weighted by Crippen LogP contribution is 2.34. The van der Waals surface area contributed by atoms with Gasteiger partial charge in [-0.2, -0.15) is 0 Å². The zero-order valence-corrected chi connectivity index (χ0v) is 13.1. The molecule has 120 valence electrons. The molecule has 0 spiro atoms. The fraction of sp³-hybridized carbons (Fsp3) is 0.571. The van der Waals surface area contributed by atoms with Gasteiger partial charge in [-0.1, -0.05) is 11.6 Å². The van der Waals surface area contributed by atoms with Crippen molar-refractivity contribution < 1.29 is 24.1 Å². The molecule has 0 fully saturated rings. The molecule has 0 aliphatic heterocycles. The van der Waals surface area contributed by atoms with Crippen molar-refractivity contribution in [2.24, 2.45) is 5.73 Å². The third-order valence-electron chi connectivity index (χ3n) is 2.70. The van der Waals surface area contributed by atoms with E-state index >= 15 is 0 Å². The van der Waals surface area contributed by atoms with E-state index in [1.54, 1.807) is 19.2 Å². The topological polar surface area (TPSA) is 83.2 Å². The van der Waals surface area contributed by atoms with Crippen molar-refractivity contribution in [3.63, 3.8) is 0 Å². The van der Waals surface area contributed by atoms with Gasteiger partial charge in [0.1, 0.15) is 12.7 Å². The molecule has 0 heterocycles. The molecular formula is C14H22ClNO5. The van der Waals surface area contributed by atoms with E-state index in [2.05, 4.69) is 0 Å². The molecule has 0 aliphatic rings. The van der Waals surface area contributed by atoms with E-state index in [9.17, 15) is 5.11 Å². The molecule has 0 amide bonds. The van der Waals surface area contributed by atoms with Crippen molar-refractivity contribution in [3.05, 3.63) is 22.7 Å². The first-order valence-corrected chi connectivity index (χ1v) is 6.94. The number of rotatable bonds is 10. The van der Waals surface area contributed by atoms with Crippen LogP contribution in [-0.2, 0) is 16.0 Å². The third kappa shape index (κ3) is 6.07. The Kier molecular flexibility index (Phi) is 8.41. The minimum absolute atomic E-state index is 0.0674. The number of aliphatic hydroxyl groups excluding tert-OH is 1. The normalized spacial score (nSPS) is 12.2. The second kappa shape index (κ2) is 9.81. The summed E-state index contributed by atoms with van der Waals surface area (Å²) < 4.78 is 20.9. The Hall–Kier alpha value is -1.05. The summed E-state index contributed by atoms with van der Waals surface area (Å²) in [5.74, 6) is 0.968. The van der Waals surface area contributed by atoms with Crippen LogP contribution in [0.25, 0.3) is 0 Å². The van der Waals surface area contributed by atoms with Crippen molar-refractivity contribution in [3.8, 4) is 11.5 Å². The Balaban J connectivity index is 2.57. The largest absolute Gasteiger partial charge is 0.493 e. The summed E-state index contributed by atoms with van der Waals surface area (Å²) in [7, 11) is 3.10. The molecule has 0 saturated heterocycles. The number of hydrogen-bond acceptors (Lipinski definition) is 6. The average molecular weight is 320 g/mol. The fourth-order valence-corrected chi connectivity index (χ4v) is 1.91. The highest BCUT2D eigenvalue weighted by molar-refractivity contribution is 6.30. The van der Waals surface area contributed by atoms with Crippen LogP contribution in [0.1, 0.15) is 5.56 Å². The summed E-state index contributed by atoms with van der Waals surface area (Å²) in [5.41, 5.74) is 6.38. The Morgan fingerprint density at radius 2 is 2.00 bits per heavy atom. The molecule has 1 aromatic carbocycles. The zero-order valence-electron chi connectivity index (χ0n) is 12.3. The van der Waals surface area contributed by atoms with E-state index in [0.717, 1.165) is 0 Å². The van der Waals surface area contributed by atoms with E-state index in [-0.39, 0.29) is 19.8 Å². The van der Waals surface area contributed by atoms with Crippen LogP contribution in [0.2, 0.25) is 5.02 Å². The lowest BCUT2D eigenvalue weighted by atomic mass is 10.2. The SMILES string of the molecule is COCCOCC(O)COc1c(CN)cc(Cl)cc1OC. The summed E-state index contributed by atoms with van der Waals surface area (Å²) in [6.45, 7) is 1.39. The Morgan fingerprint density at radius 1 is 1.24 bits per heavy atom. The molecule has 3 N–H and O–H groups in total. The van der Waals surface area contributed by atoms with Gasteiger partial charge in [0.05, 0.1) is 26.9 Å². The summed E-state index contributed by atoms with van der Waals surface area (Å²) in [6, 6.07) is 3.35. The van der Waals surface area contributed by atoms with Crippen LogP contribution in [0, 0.1) is 0 Å². The van der Waals surface area contributed by atoms with Gasteiger partial charge in [-0.3, -0.25) is 0 Å². The van der Waals surface area contributed by atoms with Crippen molar-refractivity contribution >= 4 is 11.6 Å². The van der Waals surface area contributed by atoms with E-state index in [4.69, 9.17) is 36.3 Å². The van der Waals surface area contributed by atoms with Gasteiger partial charge in [0, 0.05) is 30.3 Å². The van der Waals surface area contributed by atoms with Crippen molar-refractivity contribution in [1.82, 2.24) is 0 Å². The lowest BCUT2D eigenvalue weighted by Gasteiger charge is -2.17. The maximum absolute atomic E-state index is 9.80. The molecule has 1 unspecified atom stereocenters. The number of ether oxygens (including phenoxy) is 4. The van der Waals surface area contributed by atoms with Crippen LogP contribution in [-0.4, -0.2) is 51.9 Å². The second-order valence-corrected chi connectivity index (χ2v) is 4.77. The van der Waals surface area contributed by atoms with Crippen LogP contribution in [0.4, 0.5) is 0 Å². The average Bonchev–Trinajstić information content (AvgIpc) is 2.49. The molecule has 0 aliphatic carbocycles. The van der Waals surface area contributed by atoms with Gasteiger partial charge in [0.15, 0.2) is 11.5 Å². The van der Waals surface area contributed by atoms with Crippen LogP contribution >= 0.6 is 11.6 Å². The van der Waals surface area contributed by atoms with E-state index < -0.39 is 6.10 Å². The maximum atomic E-state index is 9.80. The summed E-state index contributed by atoms with van der Waals surface area (Å²) >= 11 is 5.97. The molecule has 0 aromatic heterocycles. The van der Waals surface area contributed by atoms with Gasteiger partial charge in [-0.15, -0.1) is 0 Å². The van der Waals surface area contributed by atoms with E-state index in [1.807, 2.05) is 0 Å². The zero-order chi connectivity index (χ0) is 15.7. The van der Waals surface area contributed by atoms with E-state index in [1.165, 1.54) is 7.11 Å². The van der Waals surface area contributed by atoms with Crippen molar-refractivity contribution in [2.45, 2.75) is 12.6 Å². The number of benzene rings is 1. The number of hydrogen-bond donors (Lipinski definition) is 2. The van der Waals surface area contributed by atoms with Crippen LogP contribution < -0.4 is 15.2 Å². The highest BCUT2D eigenvalue weighted by atomic mass is 35.5. The number of halogens is 1. The summed E-state index contributed by atoms with van der Waals surface area (Å²) in [5, 5.41) is 10.3. The van der Waals surface area contributed by atoms with Gasteiger partial charge >= 0.3 is 0 Å². The first-order valence-electron chi connectivity index (χ1n) is 6.56. The lowest BCUT2D eigenvalue weighted by molar-refractivity contribution is -0.00462. The molecular weight excluding hydrogens is 298 g/mol. The Bertz CT molecular complexity index is 405. The monoisotopic (exact) mass is 319 g/mol. The molecule has 6 nitrogen and oxygen atoms in total. The molecule has 1 rings (SSSR count). The molecule has 0 bridgehead atoms. The molecule has 1 atom stereocenters. The van der Waals surface area contributed by atoms with Crippen LogP contribution in [0.5, 0.6) is 11.5 Å². The Labute approximate surface area is 129 Å². The number of aliphatic hydroxyl groups is 1. The first kappa shape index (κ1) is 18.0. The van der Waals surface area contributed by atoms with E-state index in [0.29, 0.717) is 35.3 Å². The molecule has 21 heavy (non-hydrogen) atoms. The Morgan fingerprint density at radius 3 is 2.62 bits per heavy atom. The van der Waals surface area contributed by atoms with Gasteiger partial charge in [0.25, 0.3) is 0 Å². The quantitative estimate of drug-likeness (QED) is 0.631. The van der Waals surface area contributed by atoms with Crippen molar-refractivity contribution in [1.29, 1.82) is 0 Å². The highest BCUT2D eigenvalue weighted by Gasteiger charge is 2.14. The predicted octanol–water partition coefficient (Wildman–Crippen LogP) is 1.21. The van der Waals surface area contributed by atoms with Gasteiger partial charge in [-0.05, 0) is 6.07 Å². The smallest absolute Gasteiger partial charge is 0.165 e. The molecule has 0 saturated carbocycles.